The number of ether oxygens (including phenoxy) is 1. The highest BCUT2D eigenvalue weighted by atomic mass is 32.1. The number of aromatic hydroxyl groups is 1. The molecule has 0 aliphatic carbocycles. The van der Waals surface area contributed by atoms with Crippen molar-refractivity contribution in [3.63, 3.8) is 0 Å². The van der Waals surface area contributed by atoms with Crippen molar-refractivity contribution in [2.75, 3.05) is 11.9 Å². The molecule has 4 rings (SSSR count). The molecule has 6 nitrogen and oxygen atoms in total. The van der Waals surface area contributed by atoms with Gasteiger partial charge in [-0.15, -0.1) is 11.3 Å². The highest BCUT2D eigenvalue weighted by Crippen LogP contribution is 2.42. The summed E-state index contributed by atoms with van der Waals surface area (Å²) in [6, 6.07) is 11.3. The van der Waals surface area contributed by atoms with Crippen LogP contribution in [0.3, 0.4) is 0 Å². The van der Waals surface area contributed by atoms with E-state index in [-0.39, 0.29) is 17.9 Å². The second kappa shape index (κ2) is 7.66. The van der Waals surface area contributed by atoms with Gasteiger partial charge >= 0.3 is 5.97 Å². The van der Waals surface area contributed by atoms with Gasteiger partial charge in [0.25, 0.3) is 0 Å². The molecule has 0 saturated carbocycles. The zero-order chi connectivity index (χ0) is 19.5. The topological polar surface area (TPSA) is 83.8 Å². The molecule has 0 amide bonds. The minimum Gasteiger partial charge on any atom is -0.505 e. The minimum absolute atomic E-state index is 0.118. The lowest BCUT2D eigenvalue weighted by Crippen LogP contribution is -2.20. The molecule has 1 aliphatic rings. The summed E-state index contributed by atoms with van der Waals surface area (Å²) in [6.45, 7) is 1.95. The summed E-state index contributed by atoms with van der Waals surface area (Å²) in [5.41, 5.74) is 1.62. The molecule has 0 atom stereocenters. The maximum atomic E-state index is 12.4. The summed E-state index contributed by atoms with van der Waals surface area (Å²) in [4.78, 5) is 21.6. The molecule has 0 bridgehead atoms. The van der Waals surface area contributed by atoms with Crippen LogP contribution in [-0.4, -0.2) is 22.7 Å². The van der Waals surface area contributed by atoms with Gasteiger partial charge in [-0.05, 0) is 37.3 Å². The molecule has 7 heteroatoms. The average Bonchev–Trinajstić information content (AvgIpc) is 3.23. The van der Waals surface area contributed by atoms with Crippen LogP contribution in [0.4, 0.5) is 10.7 Å². The van der Waals surface area contributed by atoms with Gasteiger partial charge in [-0.1, -0.05) is 18.2 Å². The van der Waals surface area contributed by atoms with Crippen molar-refractivity contribution in [3.8, 4) is 5.75 Å². The number of hydrogen-bond acceptors (Lipinski definition) is 7. The van der Waals surface area contributed by atoms with Gasteiger partial charge in [-0.3, -0.25) is 4.98 Å². The van der Waals surface area contributed by atoms with Gasteiger partial charge < -0.3 is 15.2 Å². The predicted molar refractivity (Wildman–Crippen MR) is 109 cm³/mol. The second-order valence-electron chi connectivity index (χ2n) is 5.99. The Morgan fingerprint density at radius 2 is 2.11 bits per heavy atom. The standard InChI is InChI=1S/C21H17N3O3S/c1-2-27-21(26)18-19(25)17(28-20(18)24-14-6-4-3-5-7-14)11-15-10-13-12-22-9-8-16(13)23-15/h3-12,24-25H,2H2,1H3. The predicted octanol–water partition coefficient (Wildman–Crippen LogP) is 3.22. The lowest BCUT2D eigenvalue weighted by molar-refractivity contribution is 0.0525. The van der Waals surface area contributed by atoms with Crippen LogP contribution in [0.25, 0.3) is 12.2 Å². The smallest absolute Gasteiger partial charge is 0.344 e. The number of aromatic nitrogens is 1. The number of carbonyl (C=O) groups excluding carboxylic acids is 1. The number of anilines is 2. The molecule has 0 saturated heterocycles. The first-order valence-electron chi connectivity index (χ1n) is 8.73. The SMILES string of the molecule is CCOC(=O)c1c(Nc2ccccc2)sc(C=C2C=c3cnccc3=N2)c1O. The third-order valence-corrected chi connectivity index (χ3v) is 5.12. The Morgan fingerprint density at radius 1 is 1.29 bits per heavy atom. The minimum atomic E-state index is -0.570. The van der Waals surface area contributed by atoms with Crippen LogP contribution in [0.2, 0.25) is 0 Å². The highest BCUT2D eigenvalue weighted by Gasteiger charge is 2.24. The maximum absolute atomic E-state index is 12.4. The molecule has 1 aromatic carbocycles. The third-order valence-electron chi connectivity index (χ3n) is 4.08. The van der Waals surface area contributed by atoms with Crippen LogP contribution in [0, 0.1) is 0 Å². The molecular formula is C21H17N3O3S. The molecule has 140 valence electrons. The van der Waals surface area contributed by atoms with Crippen LogP contribution < -0.4 is 15.9 Å². The van der Waals surface area contributed by atoms with Gasteiger partial charge in [0.1, 0.15) is 16.3 Å². The lowest BCUT2D eigenvalue weighted by atomic mass is 10.2. The van der Waals surface area contributed by atoms with E-state index in [9.17, 15) is 9.90 Å². The van der Waals surface area contributed by atoms with E-state index in [0.717, 1.165) is 16.3 Å². The lowest BCUT2D eigenvalue weighted by Gasteiger charge is -2.07. The fraction of sp³-hybridized carbons (Fsp3) is 0.0952. The van der Waals surface area contributed by atoms with Gasteiger partial charge in [0.05, 0.1) is 22.5 Å². The van der Waals surface area contributed by atoms with E-state index >= 15 is 0 Å². The molecule has 0 unspecified atom stereocenters. The summed E-state index contributed by atoms with van der Waals surface area (Å²) in [7, 11) is 0. The number of pyridine rings is 1. The zero-order valence-corrected chi connectivity index (χ0v) is 15.9. The van der Waals surface area contributed by atoms with E-state index < -0.39 is 5.97 Å². The van der Waals surface area contributed by atoms with Gasteiger partial charge in [0.15, 0.2) is 0 Å². The Bertz CT molecular complexity index is 1150. The Hall–Kier alpha value is -3.45. The molecule has 1 aliphatic heterocycles. The first-order valence-corrected chi connectivity index (χ1v) is 9.54. The zero-order valence-electron chi connectivity index (χ0n) is 15.0. The number of hydrogen-bond donors (Lipinski definition) is 2. The number of allylic oxidation sites excluding steroid dienone is 1. The maximum Gasteiger partial charge on any atom is 0.344 e. The van der Waals surface area contributed by atoms with E-state index in [2.05, 4.69) is 15.3 Å². The molecular weight excluding hydrogens is 374 g/mol. The summed E-state index contributed by atoms with van der Waals surface area (Å²) >= 11 is 1.27. The number of fused-ring (bicyclic) bond motifs is 1. The molecule has 3 heterocycles. The third kappa shape index (κ3) is 3.52. The molecule has 2 N–H and O–H groups in total. The first-order chi connectivity index (χ1) is 13.7. The number of para-hydroxylation sites is 1. The Balaban J connectivity index is 1.76. The second-order valence-corrected chi connectivity index (χ2v) is 7.04. The number of carbonyl (C=O) groups is 1. The summed E-state index contributed by atoms with van der Waals surface area (Å²) in [6.07, 6.45) is 7.05. The fourth-order valence-electron chi connectivity index (χ4n) is 2.82. The summed E-state index contributed by atoms with van der Waals surface area (Å²) < 4.78 is 5.13. The molecule has 0 fully saturated rings. The Morgan fingerprint density at radius 3 is 2.86 bits per heavy atom. The van der Waals surface area contributed by atoms with Crippen molar-refractivity contribution in [2.24, 2.45) is 4.99 Å². The van der Waals surface area contributed by atoms with Crippen molar-refractivity contribution >= 4 is 40.1 Å². The molecule has 3 aromatic rings. The van der Waals surface area contributed by atoms with Crippen LogP contribution in [-0.2, 0) is 4.74 Å². The fourth-order valence-corrected chi connectivity index (χ4v) is 3.87. The van der Waals surface area contributed by atoms with Gasteiger partial charge in [-0.2, -0.15) is 0 Å². The normalized spacial score (nSPS) is 13.5. The largest absolute Gasteiger partial charge is 0.505 e. The Labute approximate surface area is 165 Å². The average molecular weight is 391 g/mol. The summed E-state index contributed by atoms with van der Waals surface area (Å²) in [5, 5.41) is 16.2. The molecule has 0 spiro atoms. The number of thiophene rings is 1. The van der Waals surface area contributed by atoms with Crippen LogP contribution >= 0.6 is 11.3 Å². The van der Waals surface area contributed by atoms with Gasteiger partial charge in [0.2, 0.25) is 0 Å². The molecule has 28 heavy (non-hydrogen) atoms. The first kappa shape index (κ1) is 17.9. The summed E-state index contributed by atoms with van der Waals surface area (Å²) in [5.74, 6) is -0.689. The van der Waals surface area contributed by atoms with E-state index in [1.807, 2.05) is 42.5 Å². The van der Waals surface area contributed by atoms with Crippen LogP contribution in [0.15, 0.2) is 59.5 Å². The number of rotatable bonds is 5. The van der Waals surface area contributed by atoms with Gasteiger partial charge in [-0.25, -0.2) is 9.79 Å². The quantitative estimate of drug-likeness (QED) is 0.653. The van der Waals surface area contributed by atoms with E-state index in [1.54, 1.807) is 25.4 Å². The van der Waals surface area contributed by atoms with Crippen LogP contribution in [0.5, 0.6) is 5.75 Å². The van der Waals surface area contributed by atoms with Crippen molar-refractivity contribution in [1.29, 1.82) is 0 Å². The van der Waals surface area contributed by atoms with Crippen molar-refractivity contribution in [1.82, 2.24) is 4.98 Å². The van der Waals surface area contributed by atoms with E-state index in [0.29, 0.717) is 15.6 Å². The van der Waals surface area contributed by atoms with Crippen LogP contribution in [0.1, 0.15) is 22.2 Å². The Kier molecular flexibility index (Phi) is 4.90. The molecule has 2 aromatic heterocycles. The number of nitrogens with one attached hydrogen (secondary N) is 1. The monoisotopic (exact) mass is 391 g/mol. The number of nitrogens with zero attached hydrogens (tertiary/aromatic N) is 2. The number of esters is 1. The number of benzene rings is 1. The molecule has 0 radical (unpaired) electrons. The van der Waals surface area contributed by atoms with Crippen molar-refractivity contribution in [2.45, 2.75) is 6.92 Å². The highest BCUT2D eigenvalue weighted by molar-refractivity contribution is 7.17. The van der Waals surface area contributed by atoms with Crippen molar-refractivity contribution in [3.05, 3.63) is 75.5 Å². The van der Waals surface area contributed by atoms with E-state index in [1.165, 1.54) is 11.3 Å². The van der Waals surface area contributed by atoms with Crippen molar-refractivity contribution < 1.29 is 14.6 Å². The van der Waals surface area contributed by atoms with E-state index in [4.69, 9.17) is 4.74 Å². The van der Waals surface area contributed by atoms with Gasteiger partial charge in [0, 0.05) is 23.3 Å².